The normalized spacial score (nSPS) is 10.6. The maximum Gasteiger partial charge on any atom is 0.387 e. The Morgan fingerprint density at radius 1 is 1.24 bits per heavy atom. The Labute approximate surface area is 148 Å². The number of alkyl halides is 2. The standard InChI is InChI=1S/C17H16ClF2NO4/c1-24-14-5-2-10(8-15(14)25-17(19)20)6-7-21-16(23)12-9-11(18)3-4-13(12)22/h2-5,8-9,17,22H,6-7H2,1H3,(H,21,23). The second-order valence-corrected chi connectivity index (χ2v) is 5.47. The van der Waals surface area contributed by atoms with Crippen molar-refractivity contribution in [1.29, 1.82) is 0 Å². The van der Waals surface area contributed by atoms with Crippen LogP contribution in [0.3, 0.4) is 0 Å². The fraction of sp³-hybridized carbons (Fsp3) is 0.235. The summed E-state index contributed by atoms with van der Waals surface area (Å²) in [6, 6.07) is 8.77. The number of carbonyl (C=O) groups excluding carboxylic acids is 1. The molecule has 5 nitrogen and oxygen atoms in total. The molecule has 0 radical (unpaired) electrons. The zero-order valence-electron chi connectivity index (χ0n) is 13.3. The van der Waals surface area contributed by atoms with Gasteiger partial charge >= 0.3 is 6.61 Å². The molecule has 0 saturated carbocycles. The quantitative estimate of drug-likeness (QED) is 0.780. The van der Waals surface area contributed by atoms with E-state index in [1.807, 2.05) is 0 Å². The topological polar surface area (TPSA) is 67.8 Å². The number of carbonyl (C=O) groups is 1. The van der Waals surface area contributed by atoms with Gasteiger partial charge in [0, 0.05) is 11.6 Å². The van der Waals surface area contributed by atoms with Gasteiger partial charge in [0.15, 0.2) is 11.5 Å². The average molecular weight is 372 g/mol. The van der Waals surface area contributed by atoms with Crippen molar-refractivity contribution in [1.82, 2.24) is 5.32 Å². The summed E-state index contributed by atoms with van der Waals surface area (Å²) in [6.07, 6.45) is 0.372. The Bertz CT molecular complexity index is 755. The van der Waals surface area contributed by atoms with Crippen LogP contribution in [0.5, 0.6) is 17.2 Å². The van der Waals surface area contributed by atoms with Gasteiger partial charge < -0.3 is 19.9 Å². The molecule has 0 aromatic heterocycles. The van der Waals surface area contributed by atoms with Gasteiger partial charge in [0.2, 0.25) is 0 Å². The lowest BCUT2D eigenvalue weighted by molar-refractivity contribution is -0.0512. The van der Waals surface area contributed by atoms with E-state index in [-0.39, 0.29) is 29.4 Å². The monoisotopic (exact) mass is 371 g/mol. The minimum Gasteiger partial charge on any atom is -0.507 e. The number of aromatic hydroxyl groups is 1. The number of hydrogen-bond acceptors (Lipinski definition) is 4. The Morgan fingerprint density at radius 3 is 2.68 bits per heavy atom. The highest BCUT2D eigenvalue weighted by atomic mass is 35.5. The number of benzene rings is 2. The molecule has 0 unspecified atom stereocenters. The van der Waals surface area contributed by atoms with Crippen molar-refractivity contribution < 1.29 is 28.2 Å². The lowest BCUT2D eigenvalue weighted by atomic mass is 10.1. The maximum absolute atomic E-state index is 12.4. The molecule has 2 aromatic carbocycles. The second kappa shape index (κ2) is 8.53. The molecule has 1 amide bonds. The van der Waals surface area contributed by atoms with Crippen LogP contribution < -0.4 is 14.8 Å². The Balaban J connectivity index is 1.99. The number of hydrogen-bond donors (Lipinski definition) is 2. The van der Waals surface area contributed by atoms with Crippen molar-refractivity contribution in [3.63, 3.8) is 0 Å². The molecule has 0 bridgehead atoms. The molecule has 0 fully saturated rings. The van der Waals surface area contributed by atoms with Gasteiger partial charge in [-0.05, 0) is 42.3 Å². The van der Waals surface area contributed by atoms with Gasteiger partial charge in [0.1, 0.15) is 5.75 Å². The SMILES string of the molecule is COc1ccc(CCNC(=O)c2cc(Cl)ccc2O)cc1OC(F)F. The van der Waals surface area contributed by atoms with Crippen LogP contribution in [0, 0.1) is 0 Å². The predicted molar refractivity (Wildman–Crippen MR) is 88.8 cm³/mol. The van der Waals surface area contributed by atoms with E-state index in [4.69, 9.17) is 16.3 Å². The van der Waals surface area contributed by atoms with Crippen LogP contribution >= 0.6 is 11.6 Å². The van der Waals surface area contributed by atoms with Crippen LogP contribution in [0.1, 0.15) is 15.9 Å². The van der Waals surface area contributed by atoms with Gasteiger partial charge in [-0.15, -0.1) is 0 Å². The number of halogens is 3. The van der Waals surface area contributed by atoms with Gasteiger partial charge in [-0.2, -0.15) is 8.78 Å². The van der Waals surface area contributed by atoms with Crippen LogP contribution in [0.2, 0.25) is 5.02 Å². The highest BCUT2D eigenvalue weighted by Crippen LogP contribution is 2.29. The lowest BCUT2D eigenvalue weighted by Gasteiger charge is -2.12. The molecule has 0 aliphatic heterocycles. The molecule has 0 heterocycles. The number of ether oxygens (including phenoxy) is 2. The number of nitrogens with one attached hydrogen (secondary N) is 1. The van der Waals surface area contributed by atoms with E-state index < -0.39 is 12.5 Å². The van der Waals surface area contributed by atoms with E-state index in [1.165, 1.54) is 37.4 Å². The van der Waals surface area contributed by atoms with Crippen molar-refractivity contribution in [2.24, 2.45) is 0 Å². The molecule has 0 aliphatic rings. The summed E-state index contributed by atoms with van der Waals surface area (Å²) in [7, 11) is 1.35. The summed E-state index contributed by atoms with van der Waals surface area (Å²) >= 11 is 5.80. The highest BCUT2D eigenvalue weighted by Gasteiger charge is 2.13. The Kier molecular flexibility index (Phi) is 6.41. The number of phenols is 1. The smallest absolute Gasteiger partial charge is 0.387 e. The molecular formula is C17H16ClF2NO4. The van der Waals surface area contributed by atoms with E-state index in [9.17, 15) is 18.7 Å². The van der Waals surface area contributed by atoms with Crippen LogP contribution in [0.15, 0.2) is 36.4 Å². The van der Waals surface area contributed by atoms with Crippen LogP contribution in [0.4, 0.5) is 8.78 Å². The first-order valence-electron chi connectivity index (χ1n) is 7.29. The third kappa shape index (κ3) is 5.22. The first-order chi connectivity index (χ1) is 11.9. The Hall–Kier alpha value is -2.54. The van der Waals surface area contributed by atoms with Gasteiger partial charge in [-0.3, -0.25) is 4.79 Å². The number of amides is 1. The first-order valence-corrected chi connectivity index (χ1v) is 7.67. The molecule has 0 spiro atoms. The third-order valence-corrected chi connectivity index (χ3v) is 3.58. The molecular weight excluding hydrogens is 356 g/mol. The van der Waals surface area contributed by atoms with Crippen molar-refractivity contribution >= 4 is 17.5 Å². The van der Waals surface area contributed by atoms with E-state index in [1.54, 1.807) is 6.07 Å². The molecule has 0 atom stereocenters. The minimum absolute atomic E-state index is 0.0592. The summed E-state index contributed by atoms with van der Waals surface area (Å²) in [5.41, 5.74) is 0.732. The number of rotatable bonds is 7. The van der Waals surface area contributed by atoms with Crippen LogP contribution in [0.25, 0.3) is 0 Å². The maximum atomic E-state index is 12.4. The minimum atomic E-state index is -2.96. The molecule has 8 heteroatoms. The van der Waals surface area contributed by atoms with Gasteiger partial charge in [-0.1, -0.05) is 17.7 Å². The van der Waals surface area contributed by atoms with Crippen molar-refractivity contribution in [2.45, 2.75) is 13.0 Å². The second-order valence-electron chi connectivity index (χ2n) is 5.03. The van der Waals surface area contributed by atoms with Gasteiger partial charge in [0.05, 0.1) is 12.7 Å². The van der Waals surface area contributed by atoms with E-state index in [0.29, 0.717) is 17.0 Å². The lowest BCUT2D eigenvalue weighted by Crippen LogP contribution is -2.25. The molecule has 2 N–H and O–H groups in total. The number of methoxy groups -OCH3 is 1. The van der Waals surface area contributed by atoms with Gasteiger partial charge in [-0.25, -0.2) is 0 Å². The summed E-state index contributed by atoms with van der Waals surface area (Å²) in [4.78, 5) is 12.0. The molecule has 0 saturated heterocycles. The average Bonchev–Trinajstić information content (AvgIpc) is 2.56. The molecule has 134 valence electrons. The highest BCUT2D eigenvalue weighted by molar-refractivity contribution is 6.31. The van der Waals surface area contributed by atoms with E-state index in [0.717, 1.165) is 0 Å². The fourth-order valence-corrected chi connectivity index (χ4v) is 2.34. The molecule has 25 heavy (non-hydrogen) atoms. The molecule has 2 rings (SSSR count). The zero-order chi connectivity index (χ0) is 18.4. The number of phenolic OH excluding ortho intramolecular Hbond substituents is 1. The van der Waals surface area contributed by atoms with Gasteiger partial charge in [0.25, 0.3) is 5.91 Å². The summed E-state index contributed by atoms with van der Waals surface area (Å²) in [5.74, 6) is -0.553. The van der Waals surface area contributed by atoms with E-state index >= 15 is 0 Å². The molecule has 0 aliphatic carbocycles. The van der Waals surface area contributed by atoms with Crippen molar-refractivity contribution in [3.05, 3.63) is 52.5 Å². The van der Waals surface area contributed by atoms with E-state index in [2.05, 4.69) is 10.1 Å². The predicted octanol–water partition coefficient (Wildman–Crippen LogP) is 3.63. The summed E-state index contributed by atoms with van der Waals surface area (Å²) < 4.78 is 34.2. The van der Waals surface area contributed by atoms with Crippen molar-refractivity contribution in [2.75, 3.05) is 13.7 Å². The summed E-state index contributed by atoms with van der Waals surface area (Å²) in [5, 5.41) is 12.6. The molecule has 2 aromatic rings. The Morgan fingerprint density at radius 2 is 2.00 bits per heavy atom. The fourth-order valence-electron chi connectivity index (χ4n) is 2.17. The summed E-state index contributed by atoms with van der Waals surface area (Å²) in [6.45, 7) is -2.74. The van der Waals surface area contributed by atoms with Crippen LogP contribution in [-0.4, -0.2) is 31.3 Å². The zero-order valence-corrected chi connectivity index (χ0v) is 14.0. The third-order valence-electron chi connectivity index (χ3n) is 3.35. The van der Waals surface area contributed by atoms with Crippen molar-refractivity contribution in [3.8, 4) is 17.2 Å². The van der Waals surface area contributed by atoms with Crippen LogP contribution in [-0.2, 0) is 6.42 Å². The largest absolute Gasteiger partial charge is 0.507 e. The first kappa shape index (κ1) is 18.8.